The Morgan fingerprint density at radius 1 is 1.38 bits per heavy atom. The minimum Gasteiger partial charge on any atom is -0.465 e. The number of benzene rings is 1. The van der Waals surface area contributed by atoms with Crippen molar-refractivity contribution in [3.63, 3.8) is 0 Å². The summed E-state index contributed by atoms with van der Waals surface area (Å²) in [5.74, 6) is 2.30. The Balaban J connectivity index is 1.72. The number of hydrogen-bond acceptors (Lipinski definition) is 4. The number of hydrogen-bond donors (Lipinski definition) is 1. The summed E-state index contributed by atoms with van der Waals surface area (Å²) >= 11 is 0. The van der Waals surface area contributed by atoms with E-state index in [-0.39, 0.29) is 5.97 Å². The van der Waals surface area contributed by atoms with E-state index in [0.29, 0.717) is 11.3 Å². The Morgan fingerprint density at radius 2 is 2.19 bits per heavy atom. The number of anilines is 2. The van der Waals surface area contributed by atoms with Gasteiger partial charge in [0.2, 0.25) is 0 Å². The third kappa shape index (κ3) is 2.71. The molecule has 0 amide bonds. The Bertz CT molecular complexity index is 544. The molecule has 0 spiro atoms. The number of fused-ring (bicyclic) bond motifs is 2. The molecule has 4 heteroatoms. The smallest absolute Gasteiger partial charge is 0.340 e. The lowest BCUT2D eigenvalue weighted by atomic mass is 9.88. The molecule has 0 radical (unpaired) electrons. The first-order chi connectivity index (χ1) is 10.1. The van der Waals surface area contributed by atoms with E-state index in [0.717, 1.165) is 30.0 Å². The quantitative estimate of drug-likeness (QED) is 0.683. The van der Waals surface area contributed by atoms with Crippen LogP contribution < -0.4 is 10.6 Å². The first kappa shape index (κ1) is 14.2. The number of carbonyl (C=O) groups is 1. The highest BCUT2D eigenvalue weighted by molar-refractivity contribution is 5.96. The molecule has 2 aliphatic rings. The highest BCUT2D eigenvalue weighted by atomic mass is 16.5. The van der Waals surface area contributed by atoms with Crippen LogP contribution >= 0.6 is 0 Å². The summed E-state index contributed by atoms with van der Waals surface area (Å²) in [6, 6.07) is 5.61. The van der Waals surface area contributed by atoms with Gasteiger partial charge < -0.3 is 15.4 Å². The third-order valence-corrected chi connectivity index (χ3v) is 5.28. The maximum absolute atomic E-state index is 11.7. The van der Waals surface area contributed by atoms with E-state index in [1.165, 1.54) is 32.8 Å². The lowest BCUT2D eigenvalue weighted by Crippen LogP contribution is -2.28. The monoisotopic (exact) mass is 288 g/mol. The Kier molecular flexibility index (Phi) is 3.79. The molecular formula is C17H24N2O2. The van der Waals surface area contributed by atoms with Gasteiger partial charge in [-0.25, -0.2) is 4.79 Å². The highest BCUT2D eigenvalue weighted by Crippen LogP contribution is 2.48. The molecule has 0 saturated heterocycles. The second-order valence-corrected chi connectivity index (χ2v) is 6.58. The summed E-state index contributed by atoms with van der Waals surface area (Å²) in [5.41, 5.74) is 7.82. The van der Waals surface area contributed by atoms with Crippen LogP contribution in [0.15, 0.2) is 18.2 Å². The average Bonchev–Trinajstić information content (AvgIpc) is 3.09. The van der Waals surface area contributed by atoms with Crippen LogP contribution in [0.4, 0.5) is 11.4 Å². The van der Waals surface area contributed by atoms with Crippen molar-refractivity contribution in [1.82, 2.24) is 0 Å². The predicted octanol–water partition coefficient (Wildman–Crippen LogP) is 2.93. The van der Waals surface area contributed by atoms with E-state index < -0.39 is 0 Å². The fourth-order valence-corrected chi connectivity index (χ4v) is 4.13. The second kappa shape index (κ2) is 5.58. The number of nitrogens with two attached hydrogens (primary N) is 1. The third-order valence-electron chi connectivity index (χ3n) is 5.28. The van der Waals surface area contributed by atoms with Crippen LogP contribution in [0, 0.1) is 17.8 Å². The van der Waals surface area contributed by atoms with Gasteiger partial charge in [-0.2, -0.15) is 0 Å². The first-order valence-corrected chi connectivity index (χ1v) is 7.77. The predicted molar refractivity (Wildman–Crippen MR) is 84.4 cm³/mol. The van der Waals surface area contributed by atoms with Crippen molar-refractivity contribution in [2.75, 3.05) is 31.3 Å². The summed E-state index contributed by atoms with van der Waals surface area (Å²) in [7, 11) is 3.48. The van der Waals surface area contributed by atoms with Crippen molar-refractivity contribution in [3.8, 4) is 0 Å². The maximum atomic E-state index is 11.7. The largest absolute Gasteiger partial charge is 0.465 e. The molecule has 2 saturated carbocycles. The summed E-state index contributed by atoms with van der Waals surface area (Å²) in [6.07, 6.45) is 5.62. The van der Waals surface area contributed by atoms with Gasteiger partial charge in [0.15, 0.2) is 0 Å². The molecule has 21 heavy (non-hydrogen) atoms. The Labute approximate surface area is 126 Å². The normalized spacial score (nSPS) is 26.9. The molecule has 1 aromatic rings. The van der Waals surface area contributed by atoms with Crippen molar-refractivity contribution in [2.45, 2.75) is 25.7 Å². The molecule has 0 heterocycles. The zero-order valence-electron chi connectivity index (χ0n) is 12.8. The van der Waals surface area contributed by atoms with Crippen LogP contribution in [0.5, 0.6) is 0 Å². The van der Waals surface area contributed by atoms with Gasteiger partial charge in [-0.05, 0) is 55.2 Å². The van der Waals surface area contributed by atoms with E-state index in [1.54, 1.807) is 6.07 Å². The van der Waals surface area contributed by atoms with Crippen molar-refractivity contribution >= 4 is 17.3 Å². The SMILES string of the molecule is COC(=O)c1cc(N(C)CC2CC3CCC2C3)ccc1N. The van der Waals surface area contributed by atoms with E-state index in [2.05, 4.69) is 11.9 Å². The van der Waals surface area contributed by atoms with Gasteiger partial charge in [0, 0.05) is 25.0 Å². The molecule has 3 rings (SSSR count). The summed E-state index contributed by atoms with van der Waals surface area (Å²) in [4.78, 5) is 14.0. The van der Waals surface area contributed by atoms with E-state index in [1.807, 2.05) is 12.1 Å². The van der Waals surface area contributed by atoms with Crippen LogP contribution in [0.1, 0.15) is 36.0 Å². The average molecular weight is 288 g/mol. The molecular weight excluding hydrogens is 264 g/mol. The molecule has 2 bridgehead atoms. The van der Waals surface area contributed by atoms with Crippen molar-refractivity contribution in [2.24, 2.45) is 17.8 Å². The molecule has 0 aromatic heterocycles. The number of carbonyl (C=O) groups excluding carboxylic acids is 1. The molecule has 0 aliphatic heterocycles. The molecule has 3 atom stereocenters. The van der Waals surface area contributed by atoms with Gasteiger partial charge in [0.1, 0.15) is 0 Å². The minimum absolute atomic E-state index is 0.373. The number of methoxy groups -OCH3 is 1. The van der Waals surface area contributed by atoms with Crippen LogP contribution in [0.25, 0.3) is 0 Å². The fourth-order valence-electron chi connectivity index (χ4n) is 4.13. The Hall–Kier alpha value is -1.71. The fraction of sp³-hybridized carbons (Fsp3) is 0.588. The van der Waals surface area contributed by atoms with Gasteiger partial charge >= 0.3 is 5.97 Å². The molecule has 4 nitrogen and oxygen atoms in total. The number of nitrogens with zero attached hydrogens (tertiary/aromatic N) is 1. The molecule has 1 aromatic carbocycles. The van der Waals surface area contributed by atoms with Gasteiger partial charge in [0.25, 0.3) is 0 Å². The molecule has 3 unspecified atom stereocenters. The summed E-state index contributed by atoms with van der Waals surface area (Å²) < 4.78 is 4.79. The standard InChI is InChI=1S/C17H24N2O2/c1-19(10-13-8-11-3-4-12(13)7-11)14-5-6-16(18)15(9-14)17(20)21-2/h5-6,9,11-13H,3-4,7-8,10,18H2,1-2H3. The van der Waals surface area contributed by atoms with Crippen molar-refractivity contribution in [1.29, 1.82) is 0 Å². The van der Waals surface area contributed by atoms with Crippen LogP contribution in [0.2, 0.25) is 0 Å². The van der Waals surface area contributed by atoms with Crippen LogP contribution in [-0.4, -0.2) is 26.7 Å². The van der Waals surface area contributed by atoms with E-state index in [4.69, 9.17) is 10.5 Å². The van der Waals surface area contributed by atoms with Crippen LogP contribution in [0.3, 0.4) is 0 Å². The van der Waals surface area contributed by atoms with Gasteiger partial charge in [-0.15, -0.1) is 0 Å². The number of esters is 1. The van der Waals surface area contributed by atoms with Gasteiger partial charge in [-0.1, -0.05) is 6.42 Å². The number of rotatable bonds is 4. The molecule has 2 fully saturated rings. The van der Waals surface area contributed by atoms with Crippen molar-refractivity contribution in [3.05, 3.63) is 23.8 Å². The van der Waals surface area contributed by atoms with Crippen LogP contribution in [-0.2, 0) is 4.74 Å². The zero-order valence-corrected chi connectivity index (χ0v) is 12.8. The molecule has 2 aliphatic carbocycles. The van der Waals surface area contributed by atoms with Gasteiger partial charge in [0.05, 0.1) is 12.7 Å². The molecule has 2 N–H and O–H groups in total. The van der Waals surface area contributed by atoms with Gasteiger partial charge in [-0.3, -0.25) is 0 Å². The second-order valence-electron chi connectivity index (χ2n) is 6.58. The maximum Gasteiger partial charge on any atom is 0.340 e. The number of nitrogen functional groups attached to an aromatic ring is 1. The van der Waals surface area contributed by atoms with E-state index >= 15 is 0 Å². The number of ether oxygens (including phenoxy) is 1. The topological polar surface area (TPSA) is 55.6 Å². The minimum atomic E-state index is -0.373. The first-order valence-electron chi connectivity index (χ1n) is 7.77. The van der Waals surface area contributed by atoms with Crippen molar-refractivity contribution < 1.29 is 9.53 Å². The Morgan fingerprint density at radius 3 is 2.81 bits per heavy atom. The summed E-state index contributed by atoms with van der Waals surface area (Å²) in [5, 5.41) is 0. The zero-order chi connectivity index (χ0) is 15.0. The lowest BCUT2D eigenvalue weighted by Gasteiger charge is -2.29. The van der Waals surface area contributed by atoms with E-state index in [9.17, 15) is 4.79 Å². The highest BCUT2D eigenvalue weighted by Gasteiger charge is 2.39. The molecule has 114 valence electrons. The summed E-state index contributed by atoms with van der Waals surface area (Å²) in [6.45, 7) is 1.06. The lowest BCUT2D eigenvalue weighted by molar-refractivity contribution is 0.0602.